The molecule has 2 aliphatic heterocycles. The summed E-state index contributed by atoms with van der Waals surface area (Å²) in [5.74, 6) is -0.637. The van der Waals surface area contributed by atoms with Crippen molar-refractivity contribution in [3.8, 4) is 0 Å². The minimum Gasteiger partial charge on any atom is -0.481 e. The number of likely N-dealkylation sites (tertiary alicyclic amines) is 1. The van der Waals surface area contributed by atoms with Gasteiger partial charge in [-0.25, -0.2) is 0 Å². The molecule has 0 spiro atoms. The van der Waals surface area contributed by atoms with E-state index in [4.69, 9.17) is 4.74 Å². The van der Waals surface area contributed by atoms with Crippen molar-refractivity contribution < 1.29 is 19.4 Å². The summed E-state index contributed by atoms with van der Waals surface area (Å²) in [5.41, 5.74) is -0.659. The Balaban J connectivity index is 1.89. The number of amides is 1. The summed E-state index contributed by atoms with van der Waals surface area (Å²) >= 11 is 0. The summed E-state index contributed by atoms with van der Waals surface area (Å²) in [6.45, 7) is 7.33. The Morgan fingerprint density at radius 3 is 2.76 bits per heavy atom. The molecule has 2 heterocycles. The van der Waals surface area contributed by atoms with Crippen molar-refractivity contribution in [2.75, 3.05) is 39.3 Å². The van der Waals surface area contributed by atoms with Gasteiger partial charge in [0.25, 0.3) is 0 Å². The highest BCUT2D eigenvalue weighted by Gasteiger charge is 2.44. The fraction of sp³-hybridized carbons (Fsp3) is 0.867. The minimum absolute atomic E-state index is 0.0829. The molecule has 0 aliphatic carbocycles. The van der Waals surface area contributed by atoms with Gasteiger partial charge in [0, 0.05) is 19.6 Å². The van der Waals surface area contributed by atoms with Crippen LogP contribution in [0.3, 0.4) is 0 Å². The number of morpholine rings is 1. The first-order valence-corrected chi connectivity index (χ1v) is 7.82. The second-order valence-corrected chi connectivity index (χ2v) is 6.32. The van der Waals surface area contributed by atoms with Gasteiger partial charge in [0.05, 0.1) is 24.7 Å². The molecule has 0 saturated carbocycles. The molecule has 0 aromatic carbocycles. The molecule has 120 valence electrons. The van der Waals surface area contributed by atoms with E-state index in [2.05, 4.69) is 0 Å². The second-order valence-electron chi connectivity index (χ2n) is 6.32. The molecule has 1 amide bonds. The first-order chi connectivity index (χ1) is 9.97. The highest BCUT2D eigenvalue weighted by molar-refractivity contribution is 5.79. The van der Waals surface area contributed by atoms with Crippen LogP contribution in [-0.2, 0) is 14.3 Å². The third kappa shape index (κ3) is 3.74. The SMILES string of the molecule is CCCC1(C(=O)O)CCN(CC(=O)N2CCOC(C)C2)C1. The van der Waals surface area contributed by atoms with Crippen LogP contribution in [0.4, 0.5) is 0 Å². The summed E-state index contributed by atoms with van der Waals surface area (Å²) in [5, 5.41) is 9.49. The van der Waals surface area contributed by atoms with E-state index in [1.165, 1.54) is 0 Å². The van der Waals surface area contributed by atoms with Crippen LogP contribution in [0.25, 0.3) is 0 Å². The molecule has 6 nitrogen and oxygen atoms in total. The first-order valence-electron chi connectivity index (χ1n) is 7.82. The van der Waals surface area contributed by atoms with Gasteiger partial charge in [-0.15, -0.1) is 0 Å². The predicted molar refractivity (Wildman–Crippen MR) is 78.0 cm³/mol. The molecule has 6 heteroatoms. The molecular weight excluding hydrogens is 272 g/mol. The Morgan fingerprint density at radius 1 is 1.38 bits per heavy atom. The van der Waals surface area contributed by atoms with Crippen LogP contribution in [0.2, 0.25) is 0 Å². The highest BCUT2D eigenvalue weighted by atomic mass is 16.5. The van der Waals surface area contributed by atoms with Crippen LogP contribution in [0, 0.1) is 5.41 Å². The average molecular weight is 298 g/mol. The fourth-order valence-electron chi connectivity index (χ4n) is 3.39. The van der Waals surface area contributed by atoms with E-state index < -0.39 is 11.4 Å². The maximum atomic E-state index is 12.3. The number of carboxylic acids is 1. The van der Waals surface area contributed by atoms with Crippen LogP contribution < -0.4 is 0 Å². The Bertz CT molecular complexity index is 401. The molecule has 21 heavy (non-hydrogen) atoms. The van der Waals surface area contributed by atoms with E-state index in [-0.39, 0.29) is 12.0 Å². The Labute approximate surface area is 126 Å². The molecule has 2 rings (SSSR count). The average Bonchev–Trinajstić information content (AvgIpc) is 2.83. The molecule has 1 N–H and O–H groups in total. The number of aliphatic carboxylic acids is 1. The molecule has 2 fully saturated rings. The van der Waals surface area contributed by atoms with E-state index in [9.17, 15) is 14.7 Å². The van der Waals surface area contributed by atoms with Gasteiger partial charge in [-0.05, 0) is 26.3 Å². The zero-order valence-corrected chi connectivity index (χ0v) is 13.0. The van der Waals surface area contributed by atoms with E-state index in [1.807, 2.05) is 23.6 Å². The Hall–Kier alpha value is -1.14. The second kappa shape index (κ2) is 6.75. The molecule has 2 aliphatic rings. The standard InChI is InChI=1S/C15H26N2O4/c1-3-4-15(14(19)20)5-6-16(11-15)10-13(18)17-7-8-21-12(2)9-17/h12H,3-11H2,1-2H3,(H,19,20). The predicted octanol–water partition coefficient (Wildman–Crippen LogP) is 0.811. The summed E-state index contributed by atoms with van der Waals surface area (Å²) in [4.78, 5) is 27.7. The smallest absolute Gasteiger partial charge is 0.310 e. The van der Waals surface area contributed by atoms with Gasteiger partial charge in [-0.2, -0.15) is 0 Å². The van der Waals surface area contributed by atoms with Crippen LogP contribution in [0.5, 0.6) is 0 Å². The van der Waals surface area contributed by atoms with Gasteiger partial charge in [-0.3, -0.25) is 14.5 Å². The van der Waals surface area contributed by atoms with Crippen LogP contribution in [0.15, 0.2) is 0 Å². The number of carbonyl (C=O) groups is 2. The molecular formula is C15H26N2O4. The van der Waals surface area contributed by atoms with Crippen LogP contribution in [0.1, 0.15) is 33.1 Å². The Kier molecular flexibility index (Phi) is 5.22. The summed E-state index contributed by atoms with van der Waals surface area (Å²) < 4.78 is 5.44. The number of ether oxygens (including phenoxy) is 1. The largest absolute Gasteiger partial charge is 0.481 e. The topological polar surface area (TPSA) is 70.1 Å². The molecule has 2 saturated heterocycles. The van der Waals surface area contributed by atoms with Gasteiger partial charge < -0.3 is 14.7 Å². The number of hydrogen-bond donors (Lipinski definition) is 1. The summed E-state index contributed by atoms with van der Waals surface area (Å²) in [6.07, 6.45) is 2.26. The van der Waals surface area contributed by atoms with Crippen molar-refractivity contribution in [2.45, 2.75) is 39.2 Å². The van der Waals surface area contributed by atoms with Gasteiger partial charge >= 0.3 is 5.97 Å². The van der Waals surface area contributed by atoms with Crippen molar-refractivity contribution in [1.82, 2.24) is 9.80 Å². The molecule has 0 aromatic rings. The molecule has 2 atom stereocenters. The third-order valence-corrected chi connectivity index (χ3v) is 4.57. The lowest BCUT2D eigenvalue weighted by molar-refractivity contribution is -0.149. The monoisotopic (exact) mass is 298 g/mol. The molecule has 0 aromatic heterocycles. The van der Waals surface area contributed by atoms with Gasteiger partial charge in [0.15, 0.2) is 0 Å². The zero-order valence-electron chi connectivity index (χ0n) is 13.0. The van der Waals surface area contributed by atoms with Crippen molar-refractivity contribution >= 4 is 11.9 Å². The number of carbonyl (C=O) groups excluding carboxylic acids is 1. The maximum Gasteiger partial charge on any atom is 0.310 e. The van der Waals surface area contributed by atoms with Crippen molar-refractivity contribution in [1.29, 1.82) is 0 Å². The van der Waals surface area contributed by atoms with E-state index >= 15 is 0 Å². The van der Waals surface area contributed by atoms with Gasteiger partial charge in [-0.1, -0.05) is 13.3 Å². The van der Waals surface area contributed by atoms with E-state index in [1.54, 1.807) is 0 Å². The fourth-order valence-corrected chi connectivity index (χ4v) is 3.39. The van der Waals surface area contributed by atoms with Crippen LogP contribution >= 0.6 is 0 Å². The number of nitrogens with zero attached hydrogens (tertiary/aromatic N) is 2. The Morgan fingerprint density at radius 2 is 2.14 bits per heavy atom. The lowest BCUT2D eigenvalue weighted by atomic mass is 9.83. The zero-order chi connectivity index (χ0) is 15.5. The van der Waals surface area contributed by atoms with E-state index in [0.29, 0.717) is 52.2 Å². The molecule has 0 bridgehead atoms. The summed E-state index contributed by atoms with van der Waals surface area (Å²) in [6, 6.07) is 0. The quantitative estimate of drug-likeness (QED) is 0.813. The minimum atomic E-state index is -0.723. The van der Waals surface area contributed by atoms with Crippen molar-refractivity contribution in [2.24, 2.45) is 5.41 Å². The third-order valence-electron chi connectivity index (χ3n) is 4.57. The summed E-state index contributed by atoms with van der Waals surface area (Å²) in [7, 11) is 0. The number of hydrogen-bond acceptors (Lipinski definition) is 4. The number of carboxylic acid groups (broad SMARTS) is 1. The molecule has 0 radical (unpaired) electrons. The maximum absolute atomic E-state index is 12.3. The van der Waals surface area contributed by atoms with Crippen LogP contribution in [-0.4, -0.2) is 72.2 Å². The van der Waals surface area contributed by atoms with Gasteiger partial charge in [0.1, 0.15) is 0 Å². The normalized spacial score (nSPS) is 30.6. The number of rotatable bonds is 5. The van der Waals surface area contributed by atoms with E-state index in [0.717, 1.165) is 6.42 Å². The first kappa shape index (κ1) is 16.2. The highest BCUT2D eigenvalue weighted by Crippen LogP contribution is 2.35. The van der Waals surface area contributed by atoms with Gasteiger partial charge in [0.2, 0.25) is 5.91 Å². The lowest BCUT2D eigenvalue weighted by Gasteiger charge is -2.32. The van der Waals surface area contributed by atoms with Crippen molar-refractivity contribution in [3.05, 3.63) is 0 Å². The van der Waals surface area contributed by atoms with Crippen molar-refractivity contribution in [3.63, 3.8) is 0 Å². The lowest BCUT2D eigenvalue weighted by Crippen LogP contribution is -2.48. The molecule has 2 unspecified atom stereocenters.